The van der Waals surface area contributed by atoms with Gasteiger partial charge in [-0.15, -0.1) is 0 Å². The Labute approximate surface area is 70.8 Å². The predicted octanol–water partition coefficient (Wildman–Crippen LogP) is 1.28. The van der Waals surface area contributed by atoms with Crippen LogP contribution in [0.2, 0.25) is 0 Å². The van der Waals surface area contributed by atoms with E-state index in [1.807, 2.05) is 30.3 Å². The van der Waals surface area contributed by atoms with Gasteiger partial charge in [0.15, 0.2) is 0 Å². The molecule has 0 radical (unpaired) electrons. The van der Waals surface area contributed by atoms with Gasteiger partial charge in [-0.3, -0.25) is 4.72 Å². The summed E-state index contributed by atoms with van der Waals surface area (Å²) in [5.41, 5.74) is 0. The molecule has 0 unspecified atom stereocenters. The molecule has 0 spiro atoms. The van der Waals surface area contributed by atoms with E-state index in [4.69, 9.17) is 5.11 Å². The van der Waals surface area contributed by atoms with Gasteiger partial charge in [0.2, 0.25) is 0 Å². The van der Waals surface area contributed by atoms with Gasteiger partial charge >= 0.3 is 0 Å². The molecular weight excluding hydrogens is 158 g/mol. The van der Waals surface area contributed by atoms with Crippen LogP contribution in [0.3, 0.4) is 0 Å². The first-order valence-corrected chi connectivity index (χ1v) is 4.31. The normalized spacial score (nSPS) is 9.91. The second-order valence-electron chi connectivity index (χ2n) is 2.03. The maximum absolute atomic E-state index is 8.47. The average Bonchev–Trinajstić information content (AvgIpc) is 2.07. The Bertz CT molecular complexity index is 191. The number of benzene rings is 1. The summed E-state index contributed by atoms with van der Waals surface area (Å²) >= 11 is 1.53. The molecule has 0 amide bonds. The van der Waals surface area contributed by atoms with E-state index in [-0.39, 0.29) is 6.61 Å². The second-order valence-corrected chi connectivity index (χ2v) is 3.00. The van der Waals surface area contributed by atoms with Crippen molar-refractivity contribution in [1.29, 1.82) is 0 Å². The highest BCUT2D eigenvalue weighted by Crippen LogP contribution is 2.11. The zero-order valence-electron chi connectivity index (χ0n) is 6.16. The van der Waals surface area contributed by atoms with Crippen LogP contribution in [0.25, 0.3) is 0 Å². The summed E-state index contributed by atoms with van der Waals surface area (Å²) in [5.74, 6) is 0. The summed E-state index contributed by atoms with van der Waals surface area (Å²) in [6.07, 6.45) is 0. The van der Waals surface area contributed by atoms with Crippen molar-refractivity contribution in [2.45, 2.75) is 4.90 Å². The number of hydrogen-bond acceptors (Lipinski definition) is 3. The third-order valence-electron chi connectivity index (χ3n) is 1.15. The van der Waals surface area contributed by atoms with Gasteiger partial charge in [0.25, 0.3) is 0 Å². The highest BCUT2D eigenvalue weighted by atomic mass is 32.2. The van der Waals surface area contributed by atoms with Crippen LogP contribution < -0.4 is 4.72 Å². The van der Waals surface area contributed by atoms with Crippen molar-refractivity contribution in [2.75, 3.05) is 13.2 Å². The molecule has 1 aromatic rings. The van der Waals surface area contributed by atoms with Gasteiger partial charge in [-0.1, -0.05) is 18.2 Å². The molecule has 2 nitrogen and oxygen atoms in total. The third kappa shape index (κ3) is 3.41. The monoisotopic (exact) mass is 169 g/mol. The van der Waals surface area contributed by atoms with Crippen LogP contribution in [-0.2, 0) is 0 Å². The zero-order chi connectivity index (χ0) is 7.94. The van der Waals surface area contributed by atoms with Crippen molar-refractivity contribution in [3.05, 3.63) is 30.3 Å². The van der Waals surface area contributed by atoms with Gasteiger partial charge in [0.05, 0.1) is 6.61 Å². The van der Waals surface area contributed by atoms with Crippen LogP contribution in [0.4, 0.5) is 0 Å². The highest BCUT2D eigenvalue weighted by molar-refractivity contribution is 7.97. The van der Waals surface area contributed by atoms with E-state index >= 15 is 0 Å². The molecule has 1 rings (SSSR count). The molecule has 0 fully saturated rings. The van der Waals surface area contributed by atoms with Gasteiger partial charge in [0.1, 0.15) is 0 Å². The van der Waals surface area contributed by atoms with Gasteiger partial charge < -0.3 is 5.11 Å². The van der Waals surface area contributed by atoms with Crippen molar-refractivity contribution in [3.63, 3.8) is 0 Å². The van der Waals surface area contributed by atoms with E-state index in [9.17, 15) is 0 Å². The lowest BCUT2D eigenvalue weighted by molar-refractivity contribution is 0.302. The topological polar surface area (TPSA) is 32.3 Å². The predicted molar refractivity (Wildman–Crippen MR) is 47.4 cm³/mol. The van der Waals surface area contributed by atoms with Crippen LogP contribution >= 0.6 is 11.9 Å². The molecule has 60 valence electrons. The molecule has 0 aliphatic carbocycles. The Kier molecular flexibility index (Phi) is 4.04. The molecule has 3 heteroatoms. The fourth-order valence-electron chi connectivity index (χ4n) is 0.669. The lowest BCUT2D eigenvalue weighted by Crippen LogP contribution is -2.08. The van der Waals surface area contributed by atoms with Crippen molar-refractivity contribution in [2.24, 2.45) is 0 Å². The molecule has 0 saturated heterocycles. The Morgan fingerprint density at radius 2 is 2.00 bits per heavy atom. The van der Waals surface area contributed by atoms with E-state index in [0.717, 1.165) is 0 Å². The van der Waals surface area contributed by atoms with Crippen LogP contribution in [0.15, 0.2) is 35.2 Å². The van der Waals surface area contributed by atoms with Crippen LogP contribution in [0, 0.1) is 0 Å². The smallest absolute Gasteiger partial charge is 0.0565 e. The number of aliphatic hydroxyl groups excluding tert-OH is 1. The Morgan fingerprint density at radius 3 is 2.64 bits per heavy atom. The molecule has 0 atom stereocenters. The van der Waals surface area contributed by atoms with Gasteiger partial charge in [-0.25, -0.2) is 0 Å². The number of nitrogens with one attached hydrogen (secondary N) is 1. The Morgan fingerprint density at radius 1 is 1.27 bits per heavy atom. The van der Waals surface area contributed by atoms with Gasteiger partial charge in [-0.2, -0.15) is 0 Å². The van der Waals surface area contributed by atoms with Crippen molar-refractivity contribution in [3.8, 4) is 0 Å². The van der Waals surface area contributed by atoms with Crippen LogP contribution in [-0.4, -0.2) is 18.3 Å². The summed E-state index contributed by atoms with van der Waals surface area (Å²) in [5, 5.41) is 8.47. The molecule has 0 saturated carbocycles. The maximum Gasteiger partial charge on any atom is 0.0565 e. The van der Waals surface area contributed by atoms with Crippen LogP contribution in [0.5, 0.6) is 0 Å². The highest BCUT2D eigenvalue weighted by Gasteiger charge is 1.88. The van der Waals surface area contributed by atoms with Gasteiger partial charge in [0, 0.05) is 11.4 Å². The number of hydrogen-bond donors (Lipinski definition) is 2. The van der Waals surface area contributed by atoms with E-state index in [1.165, 1.54) is 16.8 Å². The van der Waals surface area contributed by atoms with E-state index < -0.39 is 0 Å². The van der Waals surface area contributed by atoms with Crippen molar-refractivity contribution in [1.82, 2.24) is 4.72 Å². The average molecular weight is 169 g/mol. The first kappa shape index (κ1) is 8.59. The lowest BCUT2D eigenvalue weighted by Gasteiger charge is -1.99. The fourth-order valence-corrected chi connectivity index (χ4v) is 1.32. The molecule has 1 aromatic carbocycles. The second kappa shape index (κ2) is 5.18. The van der Waals surface area contributed by atoms with E-state index in [1.54, 1.807) is 0 Å². The summed E-state index contributed by atoms with van der Waals surface area (Å²) < 4.78 is 3.02. The molecule has 11 heavy (non-hydrogen) atoms. The first-order valence-electron chi connectivity index (χ1n) is 3.49. The fraction of sp³-hybridized carbons (Fsp3) is 0.250. The van der Waals surface area contributed by atoms with E-state index in [2.05, 4.69) is 4.72 Å². The molecule has 0 aliphatic heterocycles. The summed E-state index contributed by atoms with van der Waals surface area (Å²) in [4.78, 5) is 1.17. The standard InChI is InChI=1S/C8H11NOS/c10-7-6-9-11-8-4-2-1-3-5-8/h1-5,9-10H,6-7H2. The minimum atomic E-state index is 0.180. The minimum Gasteiger partial charge on any atom is -0.395 e. The van der Waals surface area contributed by atoms with Crippen molar-refractivity contribution >= 4 is 11.9 Å². The Hall–Kier alpha value is -0.510. The maximum atomic E-state index is 8.47. The Balaban J connectivity index is 2.28. The molecule has 0 heterocycles. The minimum absolute atomic E-state index is 0.180. The molecule has 0 aliphatic rings. The lowest BCUT2D eigenvalue weighted by atomic mass is 10.4. The summed E-state index contributed by atoms with van der Waals surface area (Å²) in [6, 6.07) is 10.0. The molecular formula is C8H11NOS. The SMILES string of the molecule is OCCNSc1ccccc1. The first-order chi connectivity index (χ1) is 5.43. The van der Waals surface area contributed by atoms with E-state index in [0.29, 0.717) is 6.54 Å². The van der Waals surface area contributed by atoms with Crippen LogP contribution in [0.1, 0.15) is 0 Å². The van der Waals surface area contributed by atoms with Gasteiger partial charge in [-0.05, 0) is 24.1 Å². The quantitative estimate of drug-likeness (QED) is 0.526. The molecule has 0 aromatic heterocycles. The summed E-state index contributed by atoms with van der Waals surface area (Å²) in [6.45, 7) is 0.805. The number of rotatable bonds is 4. The number of aliphatic hydroxyl groups is 1. The zero-order valence-corrected chi connectivity index (χ0v) is 6.97. The summed E-state index contributed by atoms with van der Waals surface area (Å²) in [7, 11) is 0. The molecule has 2 N–H and O–H groups in total. The largest absolute Gasteiger partial charge is 0.395 e. The third-order valence-corrected chi connectivity index (χ3v) is 2.00. The van der Waals surface area contributed by atoms with Crippen molar-refractivity contribution < 1.29 is 5.11 Å². The molecule has 0 bridgehead atoms.